The summed E-state index contributed by atoms with van der Waals surface area (Å²) in [4.78, 5) is 31.0. The van der Waals surface area contributed by atoms with Crippen LogP contribution >= 0.6 is 11.3 Å². The molecule has 0 aromatic carbocycles. The van der Waals surface area contributed by atoms with Crippen LogP contribution in [0.15, 0.2) is 0 Å². The van der Waals surface area contributed by atoms with E-state index < -0.39 is 0 Å². The number of aromatic nitrogens is 1. The minimum Gasteiger partial charge on any atom is -0.382 e. The number of nitrogens with two attached hydrogens (primary N) is 1. The van der Waals surface area contributed by atoms with Crippen LogP contribution < -0.4 is 16.0 Å². The van der Waals surface area contributed by atoms with Gasteiger partial charge >= 0.3 is 0 Å². The Labute approximate surface area is 116 Å². The summed E-state index contributed by atoms with van der Waals surface area (Å²) < 4.78 is 0. The summed E-state index contributed by atoms with van der Waals surface area (Å²) in [5, 5.41) is 3.34. The standard InChI is InChI=1S/C11H19N5O2S/c1-15(2)7(17)5-6-13-10(18)8-9(12)14-11(19-8)16(3)4/h5-6,12H2,1-4H3,(H,13,18). The van der Waals surface area contributed by atoms with E-state index in [4.69, 9.17) is 5.73 Å². The number of nitrogens with one attached hydrogen (secondary N) is 1. The van der Waals surface area contributed by atoms with E-state index in [-0.39, 0.29) is 30.6 Å². The van der Waals surface area contributed by atoms with Gasteiger partial charge in [0.05, 0.1) is 0 Å². The number of thiazole rings is 1. The summed E-state index contributed by atoms with van der Waals surface area (Å²) in [7, 11) is 7.01. The second kappa shape index (κ2) is 6.37. The fourth-order valence-electron chi connectivity index (χ4n) is 1.26. The van der Waals surface area contributed by atoms with Crippen molar-refractivity contribution in [2.75, 3.05) is 45.4 Å². The molecule has 0 bridgehead atoms. The molecule has 0 radical (unpaired) electrons. The van der Waals surface area contributed by atoms with Crippen LogP contribution in [0.5, 0.6) is 0 Å². The average Bonchev–Trinajstić information content (AvgIpc) is 2.71. The SMILES string of the molecule is CN(C)C(=O)CCNC(=O)c1sc(N(C)C)nc1N. The van der Waals surface area contributed by atoms with Crippen LogP contribution in [0, 0.1) is 0 Å². The zero-order chi connectivity index (χ0) is 14.6. The highest BCUT2D eigenvalue weighted by Gasteiger charge is 2.17. The molecule has 1 heterocycles. The summed E-state index contributed by atoms with van der Waals surface area (Å²) in [6, 6.07) is 0. The molecule has 0 saturated carbocycles. The van der Waals surface area contributed by atoms with Gasteiger partial charge in [-0.15, -0.1) is 0 Å². The fourth-order valence-corrected chi connectivity index (χ4v) is 2.09. The molecule has 19 heavy (non-hydrogen) atoms. The highest BCUT2D eigenvalue weighted by atomic mass is 32.1. The Balaban J connectivity index is 2.57. The van der Waals surface area contributed by atoms with Gasteiger partial charge < -0.3 is 20.9 Å². The van der Waals surface area contributed by atoms with Gasteiger partial charge in [-0.05, 0) is 0 Å². The Morgan fingerprint density at radius 1 is 1.32 bits per heavy atom. The van der Waals surface area contributed by atoms with E-state index in [9.17, 15) is 9.59 Å². The summed E-state index contributed by atoms with van der Waals surface area (Å²) in [6.45, 7) is 0.282. The molecule has 0 unspecified atom stereocenters. The molecule has 2 amide bonds. The van der Waals surface area contributed by atoms with Crippen molar-refractivity contribution >= 4 is 34.1 Å². The first kappa shape index (κ1) is 15.2. The predicted octanol–water partition coefficient (Wildman–Crippen LogP) is -0.000600. The van der Waals surface area contributed by atoms with Crippen LogP contribution in [-0.2, 0) is 4.79 Å². The molecule has 0 saturated heterocycles. The largest absolute Gasteiger partial charge is 0.382 e. The molecule has 0 aliphatic carbocycles. The van der Waals surface area contributed by atoms with E-state index in [1.165, 1.54) is 16.2 Å². The highest BCUT2D eigenvalue weighted by molar-refractivity contribution is 7.18. The maximum absolute atomic E-state index is 11.9. The number of anilines is 2. The Hall–Kier alpha value is -1.83. The van der Waals surface area contributed by atoms with Gasteiger partial charge in [-0.1, -0.05) is 11.3 Å². The second-order valence-corrected chi connectivity index (χ2v) is 5.38. The molecule has 3 N–H and O–H groups in total. The third-order valence-electron chi connectivity index (χ3n) is 2.35. The summed E-state index contributed by atoms with van der Waals surface area (Å²) in [5.41, 5.74) is 5.70. The van der Waals surface area contributed by atoms with Gasteiger partial charge in [-0.25, -0.2) is 4.98 Å². The minimum absolute atomic E-state index is 0.0356. The minimum atomic E-state index is -0.297. The lowest BCUT2D eigenvalue weighted by molar-refractivity contribution is -0.128. The monoisotopic (exact) mass is 285 g/mol. The van der Waals surface area contributed by atoms with Gasteiger partial charge in [0, 0.05) is 41.2 Å². The molecule has 1 aromatic heterocycles. The van der Waals surface area contributed by atoms with Crippen molar-refractivity contribution in [2.24, 2.45) is 0 Å². The number of hydrogen-bond donors (Lipinski definition) is 2. The summed E-state index contributed by atoms with van der Waals surface area (Å²) >= 11 is 1.22. The first-order valence-corrected chi connectivity index (χ1v) is 6.56. The third kappa shape index (κ3) is 4.09. The quantitative estimate of drug-likeness (QED) is 0.794. The van der Waals surface area contributed by atoms with Crippen molar-refractivity contribution in [3.63, 3.8) is 0 Å². The number of nitrogen functional groups attached to an aromatic ring is 1. The zero-order valence-electron chi connectivity index (χ0n) is 11.6. The second-order valence-electron chi connectivity index (χ2n) is 4.40. The van der Waals surface area contributed by atoms with Crippen molar-refractivity contribution < 1.29 is 9.59 Å². The number of nitrogens with zero attached hydrogens (tertiary/aromatic N) is 3. The van der Waals surface area contributed by atoms with Crippen molar-refractivity contribution in [3.05, 3.63) is 4.88 Å². The maximum atomic E-state index is 11.9. The van der Waals surface area contributed by atoms with E-state index in [1.807, 2.05) is 14.1 Å². The van der Waals surface area contributed by atoms with E-state index in [0.717, 1.165) is 0 Å². The number of amides is 2. The number of rotatable bonds is 5. The smallest absolute Gasteiger partial charge is 0.265 e. The topological polar surface area (TPSA) is 91.6 Å². The molecular weight excluding hydrogens is 266 g/mol. The Morgan fingerprint density at radius 3 is 2.42 bits per heavy atom. The summed E-state index contributed by atoms with van der Waals surface area (Å²) in [6.07, 6.45) is 0.262. The van der Waals surface area contributed by atoms with E-state index in [0.29, 0.717) is 10.0 Å². The van der Waals surface area contributed by atoms with E-state index >= 15 is 0 Å². The van der Waals surface area contributed by atoms with Crippen molar-refractivity contribution in [3.8, 4) is 0 Å². The van der Waals surface area contributed by atoms with Crippen molar-refractivity contribution in [2.45, 2.75) is 6.42 Å². The zero-order valence-corrected chi connectivity index (χ0v) is 12.4. The fraction of sp³-hybridized carbons (Fsp3) is 0.545. The van der Waals surface area contributed by atoms with E-state index in [1.54, 1.807) is 19.0 Å². The predicted molar refractivity (Wildman–Crippen MR) is 76.5 cm³/mol. The number of carbonyl (C=O) groups excluding carboxylic acids is 2. The normalized spacial score (nSPS) is 10.1. The third-order valence-corrected chi connectivity index (χ3v) is 3.59. The van der Waals surface area contributed by atoms with Crippen molar-refractivity contribution in [1.82, 2.24) is 15.2 Å². The Kier molecular flexibility index (Phi) is 5.11. The molecule has 0 aliphatic rings. The van der Waals surface area contributed by atoms with Crippen LogP contribution in [0.3, 0.4) is 0 Å². The van der Waals surface area contributed by atoms with Gasteiger partial charge in [0.25, 0.3) is 5.91 Å². The summed E-state index contributed by atoms with van der Waals surface area (Å²) in [5.74, 6) is -0.119. The van der Waals surface area contributed by atoms with Crippen LogP contribution in [0.2, 0.25) is 0 Å². The van der Waals surface area contributed by atoms with Crippen LogP contribution in [-0.4, -0.2) is 56.4 Å². The van der Waals surface area contributed by atoms with Crippen LogP contribution in [0.1, 0.15) is 16.1 Å². The van der Waals surface area contributed by atoms with Gasteiger partial charge in [0.2, 0.25) is 5.91 Å². The Bertz CT molecular complexity index is 470. The van der Waals surface area contributed by atoms with Crippen LogP contribution in [0.25, 0.3) is 0 Å². The van der Waals surface area contributed by atoms with Gasteiger partial charge in [-0.2, -0.15) is 0 Å². The van der Waals surface area contributed by atoms with Gasteiger partial charge in [0.1, 0.15) is 10.7 Å². The van der Waals surface area contributed by atoms with Gasteiger partial charge in [0.15, 0.2) is 5.13 Å². The lowest BCUT2D eigenvalue weighted by Gasteiger charge is -2.10. The lowest BCUT2D eigenvalue weighted by atomic mass is 10.3. The molecule has 0 fully saturated rings. The maximum Gasteiger partial charge on any atom is 0.265 e. The lowest BCUT2D eigenvalue weighted by Crippen LogP contribution is -2.30. The molecule has 7 nitrogen and oxygen atoms in total. The van der Waals surface area contributed by atoms with Gasteiger partial charge in [-0.3, -0.25) is 9.59 Å². The van der Waals surface area contributed by atoms with E-state index in [2.05, 4.69) is 10.3 Å². The average molecular weight is 285 g/mol. The molecule has 0 aliphatic heterocycles. The van der Waals surface area contributed by atoms with Crippen molar-refractivity contribution in [1.29, 1.82) is 0 Å². The molecule has 0 atom stereocenters. The Morgan fingerprint density at radius 2 is 1.95 bits per heavy atom. The molecular formula is C11H19N5O2S. The number of carbonyl (C=O) groups is 2. The molecule has 1 rings (SSSR count). The molecule has 1 aromatic rings. The highest BCUT2D eigenvalue weighted by Crippen LogP contribution is 2.26. The first-order valence-electron chi connectivity index (χ1n) is 5.75. The van der Waals surface area contributed by atoms with Crippen LogP contribution in [0.4, 0.5) is 10.9 Å². The first-order chi connectivity index (χ1) is 8.82. The molecule has 8 heteroatoms. The molecule has 106 valence electrons. The molecule has 0 spiro atoms. The number of hydrogen-bond acceptors (Lipinski definition) is 6.